The van der Waals surface area contributed by atoms with Crippen molar-refractivity contribution >= 4 is 5.91 Å². The monoisotopic (exact) mass is 370 g/mol. The molecular formula is C18H18N4O5. The first kappa shape index (κ1) is 18.2. The molecule has 0 unspecified atom stereocenters. The van der Waals surface area contributed by atoms with Gasteiger partial charge in [-0.05, 0) is 36.8 Å². The van der Waals surface area contributed by atoms with Crippen molar-refractivity contribution in [1.29, 1.82) is 0 Å². The highest BCUT2D eigenvalue weighted by Gasteiger charge is 2.20. The summed E-state index contributed by atoms with van der Waals surface area (Å²) in [4.78, 5) is 30.7. The second-order valence-corrected chi connectivity index (χ2v) is 5.65. The van der Waals surface area contributed by atoms with Crippen molar-refractivity contribution < 1.29 is 18.8 Å². The van der Waals surface area contributed by atoms with E-state index in [0.29, 0.717) is 11.5 Å². The predicted octanol–water partition coefficient (Wildman–Crippen LogP) is 1.93. The fraction of sp³-hybridized carbons (Fsp3) is 0.222. The van der Waals surface area contributed by atoms with Gasteiger partial charge in [0.05, 0.1) is 20.3 Å². The van der Waals surface area contributed by atoms with Crippen LogP contribution in [0.5, 0.6) is 11.5 Å². The van der Waals surface area contributed by atoms with Crippen LogP contribution < -0.4 is 20.3 Å². The molecule has 2 N–H and O–H groups in total. The molecule has 3 rings (SSSR count). The maximum absolute atomic E-state index is 12.4. The summed E-state index contributed by atoms with van der Waals surface area (Å²) in [7, 11) is 3.09. The average molecular weight is 370 g/mol. The van der Waals surface area contributed by atoms with Crippen LogP contribution in [0, 0.1) is 0 Å². The molecule has 140 valence electrons. The molecule has 2 aromatic heterocycles. The number of nitrogens with zero attached hydrogens (tertiary/aromatic N) is 2. The van der Waals surface area contributed by atoms with Gasteiger partial charge in [0, 0.05) is 6.20 Å². The summed E-state index contributed by atoms with van der Waals surface area (Å²) >= 11 is 0. The zero-order valence-corrected chi connectivity index (χ0v) is 15.0. The van der Waals surface area contributed by atoms with Crippen molar-refractivity contribution in [3.05, 3.63) is 58.3 Å². The summed E-state index contributed by atoms with van der Waals surface area (Å²) in [6.45, 7) is 1.81. The standard InChI is InChI=1S/C18H18N4O5/c1-10(11-6-7-13(25-2)14(9-11)26-3)20-17(24)15-21-18(27-22-15)12-5-4-8-19-16(12)23/h4-10H,1-3H3,(H,19,23)(H,20,24)/t10-/m1/s1. The van der Waals surface area contributed by atoms with Gasteiger partial charge in [0.15, 0.2) is 11.5 Å². The second kappa shape index (κ2) is 7.73. The molecule has 9 heteroatoms. The topological polar surface area (TPSA) is 119 Å². The Kier molecular flexibility index (Phi) is 5.20. The summed E-state index contributed by atoms with van der Waals surface area (Å²) in [5, 5.41) is 6.42. The summed E-state index contributed by atoms with van der Waals surface area (Å²) in [6, 6.07) is 8.15. The molecule has 27 heavy (non-hydrogen) atoms. The molecule has 0 aliphatic carbocycles. The SMILES string of the molecule is COc1ccc([C@@H](C)NC(=O)c2noc(-c3ccc[nH]c3=O)n2)cc1OC. The first-order chi connectivity index (χ1) is 13.0. The number of aromatic amines is 1. The van der Waals surface area contributed by atoms with E-state index in [2.05, 4.69) is 20.4 Å². The molecule has 0 saturated heterocycles. The Morgan fingerprint density at radius 2 is 2.00 bits per heavy atom. The number of amides is 1. The summed E-state index contributed by atoms with van der Waals surface area (Å²) < 4.78 is 15.5. The summed E-state index contributed by atoms with van der Waals surface area (Å²) in [5.41, 5.74) is 0.619. The minimum Gasteiger partial charge on any atom is -0.493 e. The molecule has 1 atom stereocenters. The van der Waals surface area contributed by atoms with Crippen LogP contribution in [0.4, 0.5) is 0 Å². The largest absolute Gasteiger partial charge is 0.493 e. The molecule has 0 bridgehead atoms. The Labute approximate surface area is 154 Å². The molecule has 0 spiro atoms. The average Bonchev–Trinajstić information content (AvgIpc) is 3.17. The van der Waals surface area contributed by atoms with E-state index in [0.717, 1.165) is 5.56 Å². The van der Waals surface area contributed by atoms with E-state index in [9.17, 15) is 9.59 Å². The minimum atomic E-state index is -0.528. The number of ether oxygens (including phenoxy) is 2. The zero-order chi connectivity index (χ0) is 19.4. The third-order valence-corrected chi connectivity index (χ3v) is 3.93. The number of carbonyl (C=O) groups is 1. The lowest BCUT2D eigenvalue weighted by Crippen LogP contribution is -2.27. The molecule has 0 aliphatic rings. The molecule has 0 radical (unpaired) electrons. The van der Waals surface area contributed by atoms with Gasteiger partial charge in [0.25, 0.3) is 23.2 Å². The molecule has 1 amide bonds. The van der Waals surface area contributed by atoms with Gasteiger partial charge >= 0.3 is 0 Å². The highest BCUT2D eigenvalue weighted by atomic mass is 16.5. The third kappa shape index (κ3) is 3.81. The van der Waals surface area contributed by atoms with Crippen molar-refractivity contribution in [3.8, 4) is 23.0 Å². The number of aromatic nitrogens is 3. The van der Waals surface area contributed by atoms with Crippen LogP contribution in [0.15, 0.2) is 45.8 Å². The van der Waals surface area contributed by atoms with Crippen LogP contribution in [-0.4, -0.2) is 35.3 Å². The van der Waals surface area contributed by atoms with Crippen LogP contribution in [-0.2, 0) is 0 Å². The van der Waals surface area contributed by atoms with Crippen LogP contribution in [0.25, 0.3) is 11.5 Å². The predicted molar refractivity (Wildman–Crippen MR) is 95.8 cm³/mol. The fourth-order valence-corrected chi connectivity index (χ4v) is 2.48. The van der Waals surface area contributed by atoms with Crippen molar-refractivity contribution in [2.45, 2.75) is 13.0 Å². The first-order valence-corrected chi connectivity index (χ1v) is 8.08. The molecular weight excluding hydrogens is 352 g/mol. The highest BCUT2D eigenvalue weighted by molar-refractivity contribution is 5.90. The van der Waals surface area contributed by atoms with E-state index in [1.807, 2.05) is 13.0 Å². The number of benzene rings is 1. The highest BCUT2D eigenvalue weighted by Crippen LogP contribution is 2.29. The number of hydrogen-bond acceptors (Lipinski definition) is 7. The Bertz CT molecular complexity index is 1010. The van der Waals surface area contributed by atoms with E-state index in [1.54, 1.807) is 25.3 Å². The van der Waals surface area contributed by atoms with Gasteiger partial charge in [-0.25, -0.2) is 0 Å². The van der Waals surface area contributed by atoms with Crippen molar-refractivity contribution in [2.75, 3.05) is 14.2 Å². The smallest absolute Gasteiger partial charge is 0.293 e. The number of carbonyl (C=O) groups excluding carboxylic acids is 1. The van der Waals surface area contributed by atoms with E-state index in [-0.39, 0.29) is 28.9 Å². The molecule has 3 aromatic rings. The Morgan fingerprint density at radius 3 is 2.70 bits per heavy atom. The van der Waals surface area contributed by atoms with Crippen LogP contribution >= 0.6 is 0 Å². The molecule has 2 heterocycles. The number of methoxy groups -OCH3 is 2. The third-order valence-electron chi connectivity index (χ3n) is 3.93. The number of pyridine rings is 1. The van der Waals surface area contributed by atoms with E-state index in [4.69, 9.17) is 14.0 Å². The number of hydrogen-bond donors (Lipinski definition) is 2. The van der Waals surface area contributed by atoms with Gasteiger partial charge in [0.1, 0.15) is 5.56 Å². The van der Waals surface area contributed by atoms with Crippen molar-refractivity contribution in [2.24, 2.45) is 0 Å². The molecule has 0 saturated carbocycles. The first-order valence-electron chi connectivity index (χ1n) is 8.08. The van der Waals surface area contributed by atoms with Gasteiger partial charge in [-0.1, -0.05) is 11.2 Å². The normalized spacial score (nSPS) is 11.7. The van der Waals surface area contributed by atoms with E-state index in [1.165, 1.54) is 19.4 Å². The maximum Gasteiger partial charge on any atom is 0.293 e. The van der Waals surface area contributed by atoms with Crippen LogP contribution in [0.3, 0.4) is 0 Å². The summed E-state index contributed by atoms with van der Waals surface area (Å²) in [5.74, 6) is 0.429. The van der Waals surface area contributed by atoms with E-state index >= 15 is 0 Å². The zero-order valence-electron chi connectivity index (χ0n) is 15.0. The van der Waals surface area contributed by atoms with Crippen LogP contribution in [0.2, 0.25) is 0 Å². The summed E-state index contributed by atoms with van der Waals surface area (Å²) in [6.07, 6.45) is 1.49. The number of rotatable bonds is 6. The van der Waals surface area contributed by atoms with Gasteiger partial charge in [-0.15, -0.1) is 0 Å². The van der Waals surface area contributed by atoms with Gasteiger partial charge < -0.3 is 24.3 Å². The number of nitrogens with one attached hydrogen (secondary N) is 2. The lowest BCUT2D eigenvalue weighted by atomic mass is 10.1. The number of H-pyrrole nitrogens is 1. The Morgan fingerprint density at radius 1 is 1.22 bits per heavy atom. The molecule has 0 aliphatic heterocycles. The Balaban J connectivity index is 1.76. The minimum absolute atomic E-state index is 0.0271. The second-order valence-electron chi connectivity index (χ2n) is 5.65. The fourth-order valence-electron chi connectivity index (χ4n) is 2.48. The van der Waals surface area contributed by atoms with Crippen LogP contribution in [0.1, 0.15) is 29.1 Å². The molecule has 9 nitrogen and oxygen atoms in total. The Hall–Kier alpha value is -3.62. The van der Waals surface area contributed by atoms with E-state index < -0.39 is 5.91 Å². The van der Waals surface area contributed by atoms with Gasteiger partial charge in [0.2, 0.25) is 0 Å². The van der Waals surface area contributed by atoms with Crippen molar-refractivity contribution in [1.82, 2.24) is 20.4 Å². The molecule has 0 fully saturated rings. The maximum atomic E-state index is 12.4. The quantitative estimate of drug-likeness (QED) is 0.680. The molecule has 1 aromatic carbocycles. The van der Waals surface area contributed by atoms with Gasteiger partial charge in [-0.2, -0.15) is 4.98 Å². The lowest BCUT2D eigenvalue weighted by Gasteiger charge is -2.15. The van der Waals surface area contributed by atoms with Gasteiger partial charge in [-0.3, -0.25) is 9.59 Å². The van der Waals surface area contributed by atoms with Crippen molar-refractivity contribution in [3.63, 3.8) is 0 Å². The lowest BCUT2D eigenvalue weighted by molar-refractivity contribution is 0.0926.